The zero-order valence-electron chi connectivity index (χ0n) is 18.6. The van der Waals surface area contributed by atoms with Gasteiger partial charge < -0.3 is 19.7 Å². The van der Waals surface area contributed by atoms with E-state index in [1.54, 1.807) is 14.0 Å². The van der Waals surface area contributed by atoms with Crippen molar-refractivity contribution in [1.82, 2.24) is 4.90 Å². The lowest BCUT2D eigenvalue weighted by Crippen LogP contribution is -2.48. The van der Waals surface area contributed by atoms with Crippen LogP contribution in [0.3, 0.4) is 0 Å². The number of carbonyl (C=O) groups excluding carboxylic acids is 2. The van der Waals surface area contributed by atoms with E-state index in [9.17, 15) is 9.59 Å². The maximum absolute atomic E-state index is 12.7. The smallest absolute Gasteiger partial charge is 0.341 e. The lowest BCUT2D eigenvalue weighted by atomic mass is 10.1. The third-order valence-electron chi connectivity index (χ3n) is 5.23. The summed E-state index contributed by atoms with van der Waals surface area (Å²) < 4.78 is 10.5. The van der Waals surface area contributed by atoms with Gasteiger partial charge in [-0.25, -0.2) is 4.79 Å². The van der Waals surface area contributed by atoms with Crippen LogP contribution in [0.4, 0.5) is 10.7 Å². The minimum absolute atomic E-state index is 0.113. The predicted molar refractivity (Wildman–Crippen MR) is 125 cm³/mol. The van der Waals surface area contributed by atoms with Crippen LogP contribution in [0.25, 0.3) is 0 Å². The maximum Gasteiger partial charge on any atom is 0.341 e. The van der Waals surface area contributed by atoms with Crippen LogP contribution in [0.1, 0.15) is 41.9 Å². The molecule has 1 fully saturated rings. The third-order valence-corrected chi connectivity index (χ3v) is 6.58. The van der Waals surface area contributed by atoms with Crippen LogP contribution in [-0.2, 0) is 9.53 Å². The molecule has 2 aromatic rings. The van der Waals surface area contributed by atoms with Gasteiger partial charge in [-0.3, -0.25) is 9.69 Å². The summed E-state index contributed by atoms with van der Waals surface area (Å²) in [6.45, 7) is 9.75. The number of ether oxygens (including phenoxy) is 2. The molecule has 0 saturated carbocycles. The Morgan fingerprint density at radius 1 is 1.16 bits per heavy atom. The largest absolute Gasteiger partial charge is 0.497 e. The predicted octanol–water partition coefficient (Wildman–Crippen LogP) is 3.82. The van der Waals surface area contributed by atoms with Crippen LogP contribution >= 0.6 is 11.3 Å². The Hall–Kier alpha value is -2.58. The van der Waals surface area contributed by atoms with Gasteiger partial charge in [0.25, 0.3) is 0 Å². The second kappa shape index (κ2) is 10.6. The van der Waals surface area contributed by atoms with Crippen molar-refractivity contribution >= 4 is 33.9 Å². The summed E-state index contributed by atoms with van der Waals surface area (Å²) in [5.74, 6) is 0.604. The van der Waals surface area contributed by atoms with E-state index in [1.807, 2.05) is 24.3 Å². The number of hydrogen-bond acceptors (Lipinski definition) is 7. The quantitative estimate of drug-likeness (QED) is 0.623. The van der Waals surface area contributed by atoms with Crippen molar-refractivity contribution in [1.29, 1.82) is 0 Å². The number of anilines is 2. The molecule has 31 heavy (non-hydrogen) atoms. The minimum atomic E-state index is -0.396. The van der Waals surface area contributed by atoms with Gasteiger partial charge in [-0.05, 0) is 31.0 Å². The van der Waals surface area contributed by atoms with Crippen molar-refractivity contribution in [2.24, 2.45) is 0 Å². The van der Waals surface area contributed by atoms with Gasteiger partial charge in [-0.15, -0.1) is 11.3 Å². The number of carbonyl (C=O) groups is 2. The van der Waals surface area contributed by atoms with E-state index in [-0.39, 0.29) is 11.8 Å². The van der Waals surface area contributed by atoms with Crippen LogP contribution in [0.15, 0.2) is 30.3 Å². The molecule has 0 aliphatic carbocycles. The molecule has 2 heterocycles. The molecule has 168 valence electrons. The highest BCUT2D eigenvalue weighted by Crippen LogP contribution is 2.33. The van der Waals surface area contributed by atoms with Gasteiger partial charge in [0.2, 0.25) is 5.91 Å². The molecular formula is C23H31N3O4S. The summed E-state index contributed by atoms with van der Waals surface area (Å²) >= 11 is 1.44. The normalized spacial score (nSPS) is 14.5. The molecule has 1 amide bonds. The van der Waals surface area contributed by atoms with Crippen molar-refractivity contribution < 1.29 is 19.1 Å². The summed E-state index contributed by atoms with van der Waals surface area (Å²) in [5, 5.41) is 3.51. The Labute approximate surface area is 187 Å². The molecule has 1 aromatic heterocycles. The number of rotatable bonds is 8. The van der Waals surface area contributed by atoms with Crippen LogP contribution in [0.5, 0.6) is 5.75 Å². The molecule has 0 radical (unpaired) electrons. The van der Waals surface area contributed by atoms with Crippen molar-refractivity contribution in [2.45, 2.75) is 26.7 Å². The monoisotopic (exact) mass is 445 g/mol. The first-order valence-corrected chi connectivity index (χ1v) is 11.4. The van der Waals surface area contributed by atoms with E-state index in [2.05, 4.69) is 35.0 Å². The Morgan fingerprint density at radius 3 is 2.55 bits per heavy atom. The Morgan fingerprint density at radius 2 is 1.90 bits per heavy atom. The number of piperazine rings is 1. The van der Waals surface area contributed by atoms with Crippen LogP contribution in [0.2, 0.25) is 0 Å². The van der Waals surface area contributed by atoms with E-state index in [0.717, 1.165) is 42.5 Å². The lowest BCUT2D eigenvalue weighted by molar-refractivity contribution is -0.117. The summed E-state index contributed by atoms with van der Waals surface area (Å²) in [6.07, 6.45) is 0. The average Bonchev–Trinajstić information content (AvgIpc) is 3.18. The molecule has 1 N–H and O–H groups in total. The van der Waals surface area contributed by atoms with Gasteiger partial charge in [-0.1, -0.05) is 19.9 Å². The zero-order valence-corrected chi connectivity index (χ0v) is 19.5. The molecular weight excluding hydrogens is 414 g/mol. The van der Waals surface area contributed by atoms with E-state index in [1.165, 1.54) is 11.3 Å². The highest BCUT2D eigenvalue weighted by Gasteiger charge is 2.23. The number of thiophene rings is 1. The number of nitrogens with one attached hydrogen (secondary N) is 1. The van der Waals surface area contributed by atoms with Crippen molar-refractivity contribution in [3.05, 3.63) is 40.8 Å². The molecule has 3 rings (SSSR count). The highest BCUT2D eigenvalue weighted by molar-refractivity contribution is 7.16. The molecule has 1 aliphatic heterocycles. The Kier molecular flexibility index (Phi) is 7.92. The summed E-state index contributed by atoms with van der Waals surface area (Å²) in [4.78, 5) is 30.5. The molecule has 0 bridgehead atoms. The van der Waals surface area contributed by atoms with Gasteiger partial charge in [0.15, 0.2) is 0 Å². The molecule has 8 heteroatoms. The number of methoxy groups -OCH3 is 1. The first-order valence-electron chi connectivity index (χ1n) is 10.6. The van der Waals surface area contributed by atoms with Gasteiger partial charge in [0, 0.05) is 42.8 Å². The topological polar surface area (TPSA) is 71.1 Å². The fourth-order valence-corrected chi connectivity index (χ4v) is 4.55. The second-order valence-corrected chi connectivity index (χ2v) is 8.86. The average molecular weight is 446 g/mol. The third kappa shape index (κ3) is 5.98. The first-order chi connectivity index (χ1) is 14.9. The van der Waals surface area contributed by atoms with Crippen molar-refractivity contribution in [2.75, 3.05) is 56.7 Å². The van der Waals surface area contributed by atoms with Crippen LogP contribution in [0, 0.1) is 0 Å². The zero-order chi connectivity index (χ0) is 22.4. The Balaban J connectivity index is 1.57. The number of nitrogens with zero attached hydrogens (tertiary/aromatic N) is 2. The van der Waals surface area contributed by atoms with Crippen LogP contribution in [-0.4, -0.2) is 63.2 Å². The van der Waals surface area contributed by atoms with E-state index < -0.39 is 5.97 Å². The van der Waals surface area contributed by atoms with Gasteiger partial charge in [0.1, 0.15) is 10.8 Å². The fraction of sp³-hybridized carbons (Fsp3) is 0.478. The summed E-state index contributed by atoms with van der Waals surface area (Å²) in [7, 11) is 1.67. The van der Waals surface area contributed by atoms with E-state index >= 15 is 0 Å². The van der Waals surface area contributed by atoms with Crippen LogP contribution < -0.4 is 15.0 Å². The lowest BCUT2D eigenvalue weighted by Gasteiger charge is -2.35. The molecule has 1 aromatic carbocycles. The molecule has 0 atom stereocenters. The molecule has 1 aliphatic rings. The van der Waals surface area contributed by atoms with Gasteiger partial charge >= 0.3 is 5.97 Å². The number of benzene rings is 1. The van der Waals surface area contributed by atoms with Gasteiger partial charge in [0.05, 0.1) is 25.8 Å². The maximum atomic E-state index is 12.7. The Bertz CT molecular complexity index is 904. The molecule has 0 unspecified atom stereocenters. The summed E-state index contributed by atoms with van der Waals surface area (Å²) in [6, 6.07) is 9.86. The number of esters is 1. The highest BCUT2D eigenvalue weighted by atomic mass is 32.1. The first kappa shape index (κ1) is 23.1. The molecule has 0 spiro atoms. The van der Waals surface area contributed by atoms with E-state index in [4.69, 9.17) is 9.47 Å². The second-order valence-electron chi connectivity index (χ2n) is 7.78. The number of amides is 1. The van der Waals surface area contributed by atoms with Crippen molar-refractivity contribution in [3.63, 3.8) is 0 Å². The minimum Gasteiger partial charge on any atom is -0.497 e. The molecule has 1 saturated heterocycles. The summed E-state index contributed by atoms with van der Waals surface area (Å²) in [5.41, 5.74) is 1.56. The van der Waals surface area contributed by atoms with Crippen molar-refractivity contribution in [3.8, 4) is 5.75 Å². The SMILES string of the molecule is CCOC(=O)c1cc(C(C)C)sc1NC(=O)CN1CCN(c2cccc(OC)c2)CC1. The number of hydrogen-bond donors (Lipinski definition) is 1. The van der Waals surface area contributed by atoms with Gasteiger partial charge in [-0.2, -0.15) is 0 Å². The standard InChI is InChI=1S/C23H31N3O4S/c1-5-30-23(28)19-14-20(16(2)3)31-22(19)24-21(27)15-25-9-11-26(12-10-25)17-7-6-8-18(13-17)29-4/h6-8,13-14,16H,5,9-12,15H2,1-4H3,(H,24,27). The fourth-order valence-electron chi connectivity index (χ4n) is 3.49. The van der Waals surface area contributed by atoms with E-state index in [0.29, 0.717) is 23.7 Å². The molecule has 7 nitrogen and oxygen atoms in total.